The summed E-state index contributed by atoms with van der Waals surface area (Å²) in [5, 5.41) is 4.65. The van der Waals surface area contributed by atoms with E-state index in [0.717, 1.165) is 12.3 Å². The molecule has 0 aliphatic heterocycles. The van der Waals surface area contributed by atoms with E-state index in [2.05, 4.69) is 20.0 Å². The molecular formula is C17H21N5O2. The minimum atomic E-state index is -0.132. The maximum Gasteiger partial charge on any atom is 0.262 e. The van der Waals surface area contributed by atoms with Gasteiger partial charge in [0.1, 0.15) is 17.0 Å². The van der Waals surface area contributed by atoms with Crippen LogP contribution in [0, 0.1) is 0 Å². The first-order valence-corrected chi connectivity index (χ1v) is 8.38. The van der Waals surface area contributed by atoms with Crippen molar-refractivity contribution >= 4 is 11.0 Å². The highest BCUT2D eigenvalue weighted by Gasteiger charge is 2.24. The number of hydrogen-bond acceptors (Lipinski definition) is 5. The zero-order valence-electron chi connectivity index (χ0n) is 13.7. The smallest absolute Gasteiger partial charge is 0.262 e. The van der Waals surface area contributed by atoms with E-state index in [1.807, 2.05) is 12.1 Å². The number of hydrogen-bond donors (Lipinski definition) is 1. The molecule has 3 heterocycles. The number of H-pyrrole nitrogens is 1. The molecule has 1 fully saturated rings. The molecule has 0 amide bonds. The van der Waals surface area contributed by atoms with Crippen LogP contribution in [0.2, 0.25) is 0 Å². The first-order chi connectivity index (χ1) is 11.7. The Labute approximate surface area is 139 Å². The normalized spacial score (nSPS) is 15.8. The number of aromatic amines is 1. The molecule has 0 saturated heterocycles. The van der Waals surface area contributed by atoms with Gasteiger partial charge in [0.15, 0.2) is 5.65 Å². The van der Waals surface area contributed by atoms with Crippen molar-refractivity contribution in [2.75, 3.05) is 0 Å². The van der Waals surface area contributed by atoms with Gasteiger partial charge in [-0.15, -0.1) is 0 Å². The largest absolute Gasteiger partial charge is 0.468 e. The van der Waals surface area contributed by atoms with E-state index in [0.29, 0.717) is 29.4 Å². The average molecular weight is 327 g/mol. The molecule has 4 rings (SSSR count). The molecule has 0 aromatic carbocycles. The molecule has 1 aliphatic carbocycles. The van der Waals surface area contributed by atoms with Crippen LogP contribution in [0.1, 0.15) is 37.3 Å². The van der Waals surface area contributed by atoms with Crippen LogP contribution in [-0.4, -0.2) is 30.7 Å². The molecule has 24 heavy (non-hydrogen) atoms. The third-order valence-electron chi connectivity index (χ3n) is 4.78. The summed E-state index contributed by atoms with van der Waals surface area (Å²) in [6, 6.07) is 4.40. The molecule has 3 aromatic rings. The van der Waals surface area contributed by atoms with Gasteiger partial charge in [0.25, 0.3) is 5.56 Å². The molecule has 1 saturated carbocycles. The van der Waals surface area contributed by atoms with Gasteiger partial charge in [-0.2, -0.15) is 5.10 Å². The standard InChI is InChI=1S/C17H21N5O2/c1-21-16-14(9-18-21)17(23)20-15(19-16)11-22(12-5-2-3-6-12)10-13-7-4-8-24-13/h4,7-9,12H,2-3,5-6,10-11H2,1H3,(H,19,20,23). The Morgan fingerprint density at radius 1 is 1.38 bits per heavy atom. The summed E-state index contributed by atoms with van der Waals surface area (Å²) < 4.78 is 7.15. The molecule has 7 nitrogen and oxygen atoms in total. The van der Waals surface area contributed by atoms with Crippen molar-refractivity contribution in [2.45, 2.75) is 44.8 Å². The van der Waals surface area contributed by atoms with Crippen LogP contribution in [0.5, 0.6) is 0 Å². The predicted octanol–water partition coefficient (Wildman–Crippen LogP) is 2.19. The van der Waals surface area contributed by atoms with Crippen molar-refractivity contribution in [1.29, 1.82) is 0 Å². The fraction of sp³-hybridized carbons (Fsp3) is 0.471. The first kappa shape index (κ1) is 15.1. The molecular weight excluding hydrogens is 306 g/mol. The predicted molar refractivity (Wildman–Crippen MR) is 89.3 cm³/mol. The molecule has 0 atom stereocenters. The molecule has 0 bridgehead atoms. The van der Waals surface area contributed by atoms with Gasteiger partial charge >= 0.3 is 0 Å². The SMILES string of the molecule is Cn1ncc2c(=O)[nH]c(CN(Cc3ccco3)C3CCCC3)nc21. The highest BCUT2D eigenvalue weighted by molar-refractivity contribution is 5.72. The third kappa shape index (κ3) is 2.87. The average Bonchev–Trinajstić information content (AvgIpc) is 3.29. The van der Waals surface area contributed by atoms with Crippen molar-refractivity contribution in [3.8, 4) is 0 Å². The summed E-state index contributed by atoms with van der Waals surface area (Å²) in [6.45, 7) is 1.33. The van der Waals surface area contributed by atoms with Crippen LogP contribution >= 0.6 is 0 Å². The lowest BCUT2D eigenvalue weighted by atomic mass is 10.2. The highest BCUT2D eigenvalue weighted by atomic mass is 16.3. The van der Waals surface area contributed by atoms with Gasteiger partial charge in [-0.25, -0.2) is 4.98 Å². The lowest BCUT2D eigenvalue weighted by Gasteiger charge is -2.27. The minimum absolute atomic E-state index is 0.132. The molecule has 1 aliphatic rings. The van der Waals surface area contributed by atoms with Gasteiger partial charge in [0.2, 0.25) is 0 Å². The van der Waals surface area contributed by atoms with Crippen LogP contribution in [0.4, 0.5) is 0 Å². The maximum absolute atomic E-state index is 12.2. The van der Waals surface area contributed by atoms with E-state index in [-0.39, 0.29) is 5.56 Å². The van der Waals surface area contributed by atoms with Crippen molar-refractivity contribution in [1.82, 2.24) is 24.6 Å². The fourth-order valence-corrected chi connectivity index (χ4v) is 3.53. The summed E-state index contributed by atoms with van der Waals surface area (Å²) >= 11 is 0. The number of fused-ring (bicyclic) bond motifs is 1. The number of nitrogens with one attached hydrogen (secondary N) is 1. The van der Waals surface area contributed by atoms with Gasteiger partial charge in [-0.05, 0) is 25.0 Å². The highest BCUT2D eigenvalue weighted by Crippen LogP contribution is 2.26. The summed E-state index contributed by atoms with van der Waals surface area (Å²) in [7, 11) is 1.80. The fourth-order valence-electron chi connectivity index (χ4n) is 3.53. The number of rotatable bonds is 5. The number of furan rings is 1. The lowest BCUT2D eigenvalue weighted by Crippen LogP contribution is -2.33. The van der Waals surface area contributed by atoms with Crippen molar-refractivity contribution in [3.05, 3.63) is 46.5 Å². The molecule has 126 valence electrons. The Bertz CT molecular complexity index is 874. The van der Waals surface area contributed by atoms with Crippen molar-refractivity contribution < 1.29 is 4.42 Å². The summed E-state index contributed by atoms with van der Waals surface area (Å²) in [6.07, 6.45) is 8.12. The monoisotopic (exact) mass is 327 g/mol. The van der Waals surface area contributed by atoms with Gasteiger partial charge < -0.3 is 9.40 Å². The van der Waals surface area contributed by atoms with E-state index in [1.54, 1.807) is 24.2 Å². The quantitative estimate of drug-likeness (QED) is 0.777. The van der Waals surface area contributed by atoms with Gasteiger partial charge in [-0.1, -0.05) is 12.8 Å². The van der Waals surface area contributed by atoms with Crippen molar-refractivity contribution in [2.24, 2.45) is 7.05 Å². The number of aryl methyl sites for hydroxylation is 1. The maximum atomic E-state index is 12.2. The van der Waals surface area contributed by atoms with Crippen LogP contribution < -0.4 is 5.56 Å². The molecule has 0 unspecified atom stereocenters. The van der Waals surface area contributed by atoms with Crippen LogP contribution in [0.15, 0.2) is 33.8 Å². The second-order valence-electron chi connectivity index (χ2n) is 6.44. The summed E-state index contributed by atoms with van der Waals surface area (Å²) in [5.74, 6) is 1.61. The third-order valence-corrected chi connectivity index (χ3v) is 4.78. The summed E-state index contributed by atoms with van der Waals surface area (Å²) in [5.41, 5.74) is 0.491. The Morgan fingerprint density at radius 2 is 2.21 bits per heavy atom. The van der Waals surface area contributed by atoms with Crippen LogP contribution in [0.25, 0.3) is 11.0 Å². The second kappa shape index (κ2) is 6.24. The first-order valence-electron chi connectivity index (χ1n) is 8.38. The molecule has 7 heteroatoms. The van der Waals surface area contributed by atoms with Gasteiger partial charge in [0.05, 0.1) is 25.5 Å². The van der Waals surface area contributed by atoms with Gasteiger partial charge in [0, 0.05) is 13.1 Å². The molecule has 3 aromatic heterocycles. The lowest BCUT2D eigenvalue weighted by molar-refractivity contribution is 0.163. The zero-order chi connectivity index (χ0) is 16.5. The Morgan fingerprint density at radius 3 is 2.96 bits per heavy atom. The molecule has 0 spiro atoms. The van der Waals surface area contributed by atoms with E-state index < -0.39 is 0 Å². The van der Waals surface area contributed by atoms with Crippen LogP contribution in [-0.2, 0) is 20.1 Å². The van der Waals surface area contributed by atoms with Gasteiger partial charge in [-0.3, -0.25) is 14.4 Å². The van der Waals surface area contributed by atoms with Crippen LogP contribution in [0.3, 0.4) is 0 Å². The van der Waals surface area contributed by atoms with E-state index in [1.165, 1.54) is 25.7 Å². The van der Waals surface area contributed by atoms with E-state index >= 15 is 0 Å². The minimum Gasteiger partial charge on any atom is -0.468 e. The summed E-state index contributed by atoms with van der Waals surface area (Å²) in [4.78, 5) is 22.1. The molecule has 1 N–H and O–H groups in total. The van der Waals surface area contributed by atoms with Crippen molar-refractivity contribution in [3.63, 3.8) is 0 Å². The Kier molecular flexibility index (Phi) is 3.93. The Balaban J connectivity index is 1.63. The topological polar surface area (TPSA) is 80.0 Å². The molecule has 0 radical (unpaired) electrons. The van der Waals surface area contributed by atoms with E-state index in [9.17, 15) is 4.79 Å². The Hall–Kier alpha value is -2.41. The second-order valence-corrected chi connectivity index (χ2v) is 6.44. The zero-order valence-corrected chi connectivity index (χ0v) is 13.7. The number of aromatic nitrogens is 4. The number of nitrogens with zero attached hydrogens (tertiary/aromatic N) is 4. The van der Waals surface area contributed by atoms with E-state index in [4.69, 9.17) is 4.42 Å².